The molecule has 0 heterocycles. The lowest BCUT2D eigenvalue weighted by molar-refractivity contribution is 0.212. The van der Waals surface area contributed by atoms with Crippen LogP contribution < -0.4 is 0 Å². The Bertz CT molecular complexity index is 601. The fourth-order valence-electron chi connectivity index (χ4n) is 2.29. The molecule has 1 unspecified atom stereocenters. The van der Waals surface area contributed by atoms with Gasteiger partial charge >= 0.3 is 0 Å². The third-order valence-corrected chi connectivity index (χ3v) is 3.85. The highest BCUT2D eigenvalue weighted by Crippen LogP contribution is 2.27. The van der Waals surface area contributed by atoms with Crippen molar-refractivity contribution in [1.82, 2.24) is 5.01 Å². The van der Waals surface area contributed by atoms with Crippen molar-refractivity contribution in [2.45, 2.75) is 19.4 Å². The van der Waals surface area contributed by atoms with E-state index in [0.29, 0.717) is 23.0 Å². The molecule has 2 aromatic rings. The van der Waals surface area contributed by atoms with Crippen LogP contribution in [0.15, 0.2) is 53.8 Å². The summed E-state index contributed by atoms with van der Waals surface area (Å²) in [6.07, 6.45) is 0.664. The first-order chi connectivity index (χ1) is 10.1. The van der Waals surface area contributed by atoms with Crippen molar-refractivity contribution in [2.24, 2.45) is 5.29 Å². The summed E-state index contributed by atoms with van der Waals surface area (Å²) in [7, 11) is 0. The average molecular weight is 323 g/mol. The van der Waals surface area contributed by atoms with Crippen molar-refractivity contribution < 1.29 is 0 Å². The fourth-order valence-corrected chi connectivity index (χ4v) is 2.61. The van der Waals surface area contributed by atoms with E-state index >= 15 is 0 Å². The van der Waals surface area contributed by atoms with E-state index < -0.39 is 0 Å². The minimum absolute atomic E-state index is 0.146. The van der Waals surface area contributed by atoms with Gasteiger partial charge in [-0.1, -0.05) is 47.5 Å². The summed E-state index contributed by atoms with van der Waals surface area (Å²) in [6, 6.07) is 15.0. The summed E-state index contributed by atoms with van der Waals surface area (Å²) >= 11 is 12.0. The molecule has 0 spiro atoms. The van der Waals surface area contributed by atoms with Gasteiger partial charge in [-0.25, -0.2) is 0 Å². The second kappa shape index (κ2) is 7.43. The molecule has 0 aromatic heterocycles. The number of nitrogens with zero attached hydrogens (tertiary/aromatic N) is 2. The summed E-state index contributed by atoms with van der Waals surface area (Å²) in [6.45, 7) is 2.44. The van der Waals surface area contributed by atoms with E-state index in [9.17, 15) is 4.91 Å². The number of halogens is 2. The Morgan fingerprint density at radius 1 is 1.10 bits per heavy atom. The summed E-state index contributed by atoms with van der Waals surface area (Å²) < 4.78 is 0. The van der Waals surface area contributed by atoms with Gasteiger partial charge in [0.1, 0.15) is 0 Å². The van der Waals surface area contributed by atoms with Crippen molar-refractivity contribution in [3.63, 3.8) is 0 Å². The third-order valence-electron chi connectivity index (χ3n) is 3.36. The largest absolute Gasteiger partial charge is 0.253 e. The van der Waals surface area contributed by atoms with E-state index in [1.165, 1.54) is 5.01 Å². The number of likely N-dealkylation sites (N-methyl/N-ethyl adjacent to an activating group) is 1. The molecule has 110 valence electrons. The van der Waals surface area contributed by atoms with Gasteiger partial charge in [0, 0.05) is 16.6 Å². The van der Waals surface area contributed by atoms with E-state index in [-0.39, 0.29) is 6.04 Å². The van der Waals surface area contributed by atoms with Crippen molar-refractivity contribution >= 4 is 23.2 Å². The zero-order valence-electron chi connectivity index (χ0n) is 11.7. The van der Waals surface area contributed by atoms with Crippen LogP contribution in [0.5, 0.6) is 0 Å². The lowest BCUT2D eigenvalue weighted by Gasteiger charge is -2.26. The highest BCUT2D eigenvalue weighted by molar-refractivity contribution is 6.30. The van der Waals surface area contributed by atoms with Gasteiger partial charge in [0.05, 0.1) is 11.3 Å². The molecule has 0 aliphatic rings. The van der Waals surface area contributed by atoms with Gasteiger partial charge < -0.3 is 0 Å². The zero-order valence-corrected chi connectivity index (χ0v) is 13.2. The Balaban J connectivity index is 2.31. The number of hydrogen-bond acceptors (Lipinski definition) is 2. The van der Waals surface area contributed by atoms with E-state index in [1.54, 1.807) is 0 Å². The van der Waals surface area contributed by atoms with Crippen LogP contribution in [0.1, 0.15) is 24.1 Å². The van der Waals surface area contributed by atoms with Crippen LogP contribution in [0.4, 0.5) is 0 Å². The third kappa shape index (κ3) is 4.19. The normalized spacial score (nSPS) is 12.0. The topological polar surface area (TPSA) is 32.7 Å². The standard InChI is InChI=1S/C16H16Cl2N2O/c1-2-20(19-21)16(13-4-3-5-15(18)11-13)10-12-6-8-14(17)9-7-12/h3-9,11,16H,2,10H2,1H3. The molecule has 0 fully saturated rings. The summed E-state index contributed by atoms with van der Waals surface area (Å²) in [5, 5.41) is 6.01. The molecule has 0 amide bonds. The summed E-state index contributed by atoms with van der Waals surface area (Å²) in [5.41, 5.74) is 2.06. The van der Waals surface area contributed by atoms with Crippen molar-refractivity contribution in [1.29, 1.82) is 0 Å². The maximum Gasteiger partial charge on any atom is 0.0792 e. The van der Waals surface area contributed by atoms with Crippen LogP contribution in [-0.4, -0.2) is 11.6 Å². The lowest BCUT2D eigenvalue weighted by Crippen LogP contribution is -2.24. The van der Waals surface area contributed by atoms with Crippen molar-refractivity contribution in [2.75, 3.05) is 6.54 Å². The molecule has 0 bridgehead atoms. The van der Waals surface area contributed by atoms with Gasteiger partial charge in [0.25, 0.3) is 0 Å². The SMILES string of the molecule is CCN(N=O)C(Cc1ccc(Cl)cc1)c1cccc(Cl)c1. The van der Waals surface area contributed by atoms with Crippen LogP contribution in [0.25, 0.3) is 0 Å². The minimum atomic E-state index is -0.146. The maximum atomic E-state index is 11.1. The Kier molecular flexibility index (Phi) is 5.59. The van der Waals surface area contributed by atoms with Crippen LogP contribution in [0, 0.1) is 4.91 Å². The molecule has 0 saturated carbocycles. The summed E-state index contributed by atoms with van der Waals surface area (Å²) in [4.78, 5) is 11.1. The molecular formula is C16H16Cl2N2O. The first-order valence-electron chi connectivity index (χ1n) is 6.74. The number of hydrogen-bond donors (Lipinski definition) is 0. The minimum Gasteiger partial charge on any atom is -0.253 e. The molecule has 0 aliphatic heterocycles. The van der Waals surface area contributed by atoms with Gasteiger partial charge in [-0.05, 0) is 48.7 Å². The second-order valence-corrected chi connectivity index (χ2v) is 5.61. The molecule has 1 atom stereocenters. The van der Waals surface area contributed by atoms with Gasteiger partial charge in [-0.15, -0.1) is 4.91 Å². The quantitative estimate of drug-likeness (QED) is 0.535. The average Bonchev–Trinajstić information content (AvgIpc) is 2.49. The molecule has 0 radical (unpaired) electrons. The molecule has 21 heavy (non-hydrogen) atoms. The summed E-state index contributed by atoms with van der Waals surface area (Å²) in [5.74, 6) is 0. The second-order valence-electron chi connectivity index (χ2n) is 4.74. The Morgan fingerprint density at radius 2 is 1.81 bits per heavy atom. The Labute approximate surface area is 134 Å². The van der Waals surface area contributed by atoms with Crippen LogP contribution in [0.2, 0.25) is 10.0 Å². The van der Waals surface area contributed by atoms with Crippen LogP contribution >= 0.6 is 23.2 Å². The number of nitroso groups, excluding NO2 is 1. The Hall–Kier alpha value is -1.58. The highest BCUT2D eigenvalue weighted by Gasteiger charge is 2.20. The maximum absolute atomic E-state index is 11.1. The van der Waals surface area contributed by atoms with Crippen LogP contribution in [-0.2, 0) is 6.42 Å². The van der Waals surface area contributed by atoms with Crippen molar-refractivity contribution in [3.05, 3.63) is 74.6 Å². The molecule has 2 rings (SSSR count). The van der Waals surface area contributed by atoms with Crippen molar-refractivity contribution in [3.8, 4) is 0 Å². The van der Waals surface area contributed by atoms with Gasteiger partial charge in [0.15, 0.2) is 0 Å². The van der Waals surface area contributed by atoms with Gasteiger partial charge in [-0.2, -0.15) is 0 Å². The predicted octanol–water partition coefficient (Wildman–Crippen LogP) is 5.28. The first-order valence-corrected chi connectivity index (χ1v) is 7.49. The molecule has 0 aliphatic carbocycles. The number of benzene rings is 2. The van der Waals surface area contributed by atoms with Crippen LogP contribution in [0.3, 0.4) is 0 Å². The first kappa shape index (κ1) is 15.8. The van der Waals surface area contributed by atoms with E-state index in [1.807, 2.05) is 55.5 Å². The number of rotatable bonds is 6. The molecule has 0 N–H and O–H groups in total. The molecule has 3 nitrogen and oxygen atoms in total. The Morgan fingerprint density at radius 3 is 2.38 bits per heavy atom. The fraction of sp³-hybridized carbons (Fsp3) is 0.250. The lowest BCUT2D eigenvalue weighted by atomic mass is 9.98. The van der Waals surface area contributed by atoms with Gasteiger partial charge in [0.2, 0.25) is 0 Å². The highest BCUT2D eigenvalue weighted by atomic mass is 35.5. The van der Waals surface area contributed by atoms with E-state index in [4.69, 9.17) is 23.2 Å². The monoisotopic (exact) mass is 322 g/mol. The molecule has 5 heteroatoms. The predicted molar refractivity (Wildman–Crippen MR) is 87.5 cm³/mol. The molecular weight excluding hydrogens is 307 g/mol. The van der Waals surface area contributed by atoms with Gasteiger partial charge in [-0.3, -0.25) is 5.01 Å². The smallest absolute Gasteiger partial charge is 0.0792 e. The van der Waals surface area contributed by atoms with E-state index in [2.05, 4.69) is 5.29 Å². The zero-order chi connectivity index (χ0) is 15.2. The molecule has 0 saturated heterocycles. The van der Waals surface area contributed by atoms with E-state index in [0.717, 1.165) is 11.1 Å². The molecule has 2 aromatic carbocycles.